The van der Waals surface area contributed by atoms with Crippen LogP contribution < -0.4 is 10.1 Å². The summed E-state index contributed by atoms with van der Waals surface area (Å²) in [6.07, 6.45) is 3.00. The van der Waals surface area contributed by atoms with Gasteiger partial charge in [-0.25, -0.2) is 0 Å². The van der Waals surface area contributed by atoms with E-state index in [0.717, 1.165) is 5.56 Å². The Morgan fingerprint density at radius 2 is 1.95 bits per heavy atom. The van der Waals surface area contributed by atoms with Gasteiger partial charge in [0.1, 0.15) is 5.75 Å². The van der Waals surface area contributed by atoms with Crippen LogP contribution in [0.15, 0.2) is 30.3 Å². The van der Waals surface area contributed by atoms with Crippen molar-refractivity contribution in [3.63, 3.8) is 0 Å². The van der Waals surface area contributed by atoms with Crippen LogP contribution in [0.4, 0.5) is 0 Å². The number of carboxylic acids is 1. The molecule has 5 nitrogen and oxygen atoms in total. The van der Waals surface area contributed by atoms with Gasteiger partial charge >= 0.3 is 5.97 Å². The summed E-state index contributed by atoms with van der Waals surface area (Å²) in [5.74, 6) is -1.25. The molecule has 1 aromatic rings. The van der Waals surface area contributed by atoms with E-state index >= 15 is 0 Å². The molecule has 0 aliphatic rings. The van der Waals surface area contributed by atoms with E-state index in [9.17, 15) is 9.59 Å². The lowest BCUT2D eigenvalue weighted by Crippen LogP contribution is -2.39. The highest BCUT2D eigenvalue weighted by atomic mass is 16.5. The summed E-state index contributed by atoms with van der Waals surface area (Å²) >= 11 is 0. The van der Waals surface area contributed by atoms with E-state index in [2.05, 4.69) is 5.32 Å². The number of hydrogen-bond donors (Lipinski definition) is 2. The molecule has 5 heteroatoms. The van der Waals surface area contributed by atoms with Crippen LogP contribution in [0.3, 0.4) is 0 Å². The number of benzene rings is 1. The summed E-state index contributed by atoms with van der Waals surface area (Å²) in [7, 11) is 1.56. The first-order chi connectivity index (χ1) is 9.45. The number of methoxy groups -OCH3 is 1. The number of aliphatic carboxylic acids is 1. The van der Waals surface area contributed by atoms with Crippen molar-refractivity contribution in [2.24, 2.45) is 5.92 Å². The van der Waals surface area contributed by atoms with Gasteiger partial charge in [-0.15, -0.1) is 0 Å². The van der Waals surface area contributed by atoms with E-state index in [1.54, 1.807) is 33.1 Å². The van der Waals surface area contributed by atoms with Crippen molar-refractivity contribution in [3.8, 4) is 5.75 Å². The predicted octanol–water partition coefficient (Wildman–Crippen LogP) is 1.93. The Hall–Kier alpha value is -2.30. The first kappa shape index (κ1) is 15.8. The number of para-hydroxylation sites is 1. The largest absolute Gasteiger partial charge is 0.496 e. The Labute approximate surface area is 118 Å². The van der Waals surface area contributed by atoms with E-state index < -0.39 is 17.9 Å². The van der Waals surface area contributed by atoms with E-state index in [-0.39, 0.29) is 5.91 Å². The highest BCUT2D eigenvalue weighted by molar-refractivity contribution is 5.92. The Bertz CT molecular complexity index is 510. The summed E-state index contributed by atoms with van der Waals surface area (Å²) in [6, 6.07) is 6.86. The molecular formula is C15H19NO4. The molecule has 0 saturated heterocycles. The van der Waals surface area contributed by atoms with Crippen LogP contribution in [0.2, 0.25) is 0 Å². The van der Waals surface area contributed by atoms with Crippen LogP contribution in [0, 0.1) is 5.92 Å². The number of rotatable bonds is 6. The molecule has 0 heterocycles. The molecule has 1 aromatic carbocycles. The highest BCUT2D eigenvalue weighted by Gasteiger charge is 2.19. The number of carbonyl (C=O) groups excluding carboxylic acids is 1. The molecule has 0 fully saturated rings. The zero-order valence-corrected chi connectivity index (χ0v) is 11.8. The molecule has 20 heavy (non-hydrogen) atoms. The fourth-order valence-corrected chi connectivity index (χ4v) is 1.58. The maximum absolute atomic E-state index is 11.7. The van der Waals surface area contributed by atoms with Crippen molar-refractivity contribution in [2.45, 2.75) is 19.9 Å². The lowest BCUT2D eigenvalue weighted by Gasteiger charge is -2.16. The molecule has 2 atom stereocenters. The van der Waals surface area contributed by atoms with Crippen LogP contribution in [0.25, 0.3) is 6.08 Å². The smallest absolute Gasteiger partial charge is 0.308 e. The zero-order chi connectivity index (χ0) is 15.1. The van der Waals surface area contributed by atoms with E-state index in [1.807, 2.05) is 18.2 Å². The molecule has 1 rings (SSSR count). The molecule has 0 saturated carbocycles. The molecule has 0 radical (unpaired) electrons. The third-order valence-electron chi connectivity index (χ3n) is 3.06. The van der Waals surface area contributed by atoms with Crippen LogP contribution >= 0.6 is 0 Å². The van der Waals surface area contributed by atoms with Crippen LogP contribution in [-0.4, -0.2) is 30.1 Å². The quantitative estimate of drug-likeness (QED) is 0.779. The van der Waals surface area contributed by atoms with Gasteiger partial charge in [-0.05, 0) is 26.0 Å². The molecule has 0 spiro atoms. The number of ether oxygens (including phenoxy) is 1. The Morgan fingerprint density at radius 3 is 2.55 bits per heavy atom. The monoisotopic (exact) mass is 277 g/mol. The molecular weight excluding hydrogens is 258 g/mol. The summed E-state index contributed by atoms with van der Waals surface area (Å²) in [6.45, 7) is 3.21. The van der Waals surface area contributed by atoms with Gasteiger partial charge in [-0.3, -0.25) is 9.59 Å². The van der Waals surface area contributed by atoms with E-state index in [0.29, 0.717) is 5.75 Å². The fourth-order valence-electron chi connectivity index (χ4n) is 1.58. The maximum Gasteiger partial charge on any atom is 0.308 e. The number of amides is 1. The molecule has 1 amide bonds. The fraction of sp³-hybridized carbons (Fsp3) is 0.333. The van der Waals surface area contributed by atoms with Crippen molar-refractivity contribution in [1.29, 1.82) is 0 Å². The van der Waals surface area contributed by atoms with Crippen molar-refractivity contribution in [3.05, 3.63) is 35.9 Å². The van der Waals surface area contributed by atoms with Gasteiger partial charge in [0.2, 0.25) is 5.91 Å². The van der Waals surface area contributed by atoms with Gasteiger partial charge in [0.25, 0.3) is 0 Å². The normalized spacial score (nSPS) is 13.8. The molecule has 2 N–H and O–H groups in total. The minimum Gasteiger partial charge on any atom is -0.496 e. The average Bonchev–Trinajstić information content (AvgIpc) is 2.44. The predicted molar refractivity (Wildman–Crippen MR) is 76.4 cm³/mol. The highest BCUT2D eigenvalue weighted by Crippen LogP contribution is 2.18. The average molecular weight is 277 g/mol. The Kier molecular flexibility index (Phi) is 5.77. The second-order valence-electron chi connectivity index (χ2n) is 4.50. The second kappa shape index (κ2) is 7.33. The minimum absolute atomic E-state index is 0.337. The van der Waals surface area contributed by atoms with Gasteiger partial charge in [-0.2, -0.15) is 0 Å². The Balaban J connectivity index is 2.66. The molecule has 108 valence electrons. The summed E-state index contributed by atoms with van der Waals surface area (Å²) in [5, 5.41) is 11.5. The maximum atomic E-state index is 11.7. The molecule has 0 aliphatic carbocycles. The number of hydrogen-bond acceptors (Lipinski definition) is 3. The number of nitrogens with one attached hydrogen (secondary N) is 1. The SMILES string of the molecule is COc1ccccc1/C=C/C(=O)NC(C)C(C)C(=O)O. The molecule has 0 aromatic heterocycles. The summed E-state index contributed by atoms with van der Waals surface area (Å²) < 4.78 is 5.17. The van der Waals surface area contributed by atoms with Crippen molar-refractivity contribution >= 4 is 18.0 Å². The zero-order valence-electron chi connectivity index (χ0n) is 11.8. The van der Waals surface area contributed by atoms with E-state index in [4.69, 9.17) is 9.84 Å². The van der Waals surface area contributed by atoms with Gasteiger partial charge in [0.05, 0.1) is 13.0 Å². The first-order valence-corrected chi connectivity index (χ1v) is 6.30. The number of carbonyl (C=O) groups is 2. The molecule has 2 unspecified atom stereocenters. The van der Waals surface area contributed by atoms with Crippen LogP contribution in [-0.2, 0) is 9.59 Å². The second-order valence-corrected chi connectivity index (χ2v) is 4.50. The van der Waals surface area contributed by atoms with Crippen LogP contribution in [0.1, 0.15) is 19.4 Å². The number of carboxylic acid groups (broad SMARTS) is 1. The standard InChI is InChI=1S/C15H19NO4/c1-10(15(18)19)11(2)16-14(17)9-8-12-6-4-5-7-13(12)20-3/h4-11H,1-3H3,(H,16,17)(H,18,19)/b9-8+. The summed E-state index contributed by atoms with van der Waals surface area (Å²) in [4.78, 5) is 22.5. The minimum atomic E-state index is -0.938. The lowest BCUT2D eigenvalue weighted by molar-refractivity contribution is -0.142. The van der Waals surface area contributed by atoms with Crippen molar-refractivity contribution in [2.75, 3.05) is 7.11 Å². The third kappa shape index (κ3) is 4.42. The Morgan fingerprint density at radius 1 is 1.30 bits per heavy atom. The van der Waals surface area contributed by atoms with Crippen molar-refractivity contribution < 1.29 is 19.4 Å². The third-order valence-corrected chi connectivity index (χ3v) is 3.06. The molecule has 0 bridgehead atoms. The van der Waals surface area contributed by atoms with Crippen LogP contribution in [0.5, 0.6) is 5.75 Å². The van der Waals surface area contributed by atoms with Crippen molar-refractivity contribution in [1.82, 2.24) is 5.32 Å². The topological polar surface area (TPSA) is 75.6 Å². The van der Waals surface area contributed by atoms with E-state index in [1.165, 1.54) is 6.08 Å². The summed E-state index contributed by atoms with van der Waals surface area (Å²) in [5.41, 5.74) is 0.782. The van der Waals surface area contributed by atoms with Gasteiger partial charge in [0, 0.05) is 17.7 Å². The van der Waals surface area contributed by atoms with Gasteiger partial charge < -0.3 is 15.2 Å². The lowest BCUT2D eigenvalue weighted by atomic mass is 10.0. The first-order valence-electron chi connectivity index (χ1n) is 6.30. The van der Waals surface area contributed by atoms with Gasteiger partial charge in [0.15, 0.2) is 0 Å². The molecule has 0 aliphatic heterocycles. The van der Waals surface area contributed by atoms with Gasteiger partial charge in [-0.1, -0.05) is 18.2 Å².